The Morgan fingerprint density at radius 1 is 1.14 bits per heavy atom. The third kappa shape index (κ3) is 9.10. The summed E-state index contributed by atoms with van der Waals surface area (Å²) in [6.07, 6.45) is 13.2. The number of methoxy groups -OCH3 is 1. The van der Waals surface area contributed by atoms with Gasteiger partial charge in [0.2, 0.25) is 5.91 Å². The number of amides is 2. The van der Waals surface area contributed by atoms with Gasteiger partial charge in [-0.25, -0.2) is 14.2 Å². The summed E-state index contributed by atoms with van der Waals surface area (Å²) in [4.78, 5) is 37.2. The average molecular weight is 720 g/mol. The molecule has 3 heterocycles. The molecule has 3 aromatic rings. The molecule has 0 radical (unpaired) electrons. The highest BCUT2D eigenvalue weighted by molar-refractivity contribution is 7.92. The standard InChI is InChI=1S/C38H46ClN5O5S/c1-26-11-14-31(39)20-28(26)9-6-8-27-23-44-24-30-12-15-32(30)34(48-2)10-4-3-5-19-50(47,42-37(45)22-36-40-17-7-18-41-36)43-38(46)29-13-16-35(49-25-27)33(44)21-29/h4,7,10-11,13-14,16-18,20-21,27,30,32,34H,3,5-6,8-9,12,15,19,22-25H2,1-2H3,(H,42,43,45,46,47)/b10-4+/t27-,30+,32-,34+,50?/m1/s1. The van der Waals surface area contributed by atoms with Crippen molar-refractivity contribution in [2.45, 2.75) is 64.4 Å². The van der Waals surface area contributed by atoms with Crippen LogP contribution in [0.3, 0.4) is 0 Å². The van der Waals surface area contributed by atoms with Gasteiger partial charge in [-0.15, -0.1) is 4.36 Å². The summed E-state index contributed by atoms with van der Waals surface area (Å²) in [7, 11) is -1.69. The lowest BCUT2D eigenvalue weighted by atomic mass is 9.70. The number of ether oxygens (including phenoxy) is 2. The van der Waals surface area contributed by atoms with Crippen LogP contribution in [-0.2, 0) is 32.3 Å². The molecule has 2 aliphatic heterocycles. The monoisotopic (exact) mass is 719 g/mol. The second-order valence-electron chi connectivity index (χ2n) is 13.6. The van der Waals surface area contributed by atoms with Crippen LogP contribution in [-0.4, -0.2) is 64.7 Å². The van der Waals surface area contributed by atoms with Gasteiger partial charge in [0.1, 0.15) is 21.5 Å². The number of allylic oxidation sites excluding steroid dienone is 1. The molecule has 266 valence electrons. The number of carbonyl (C=O) groups is 2. The van der Waals surface area contributed by atoms with Gasteiger partial charge in [-0.1, -0.05) is 29.8 Å². The van der Waals surface area contributed by atoms with Gasteiger partial charge in [0.25, 0.3) is 5.91 Å². The number of fused-ring (bicyclic) bond motifs is 2. The second kappa shape index (κ2) is 16.5. The Morgan fingerprint density at radius 2 is 1.98 bits per heavy atom. The number of aryl methyl sites for hydroxylation is 2. The molecular weight excluding hydrogens is 674 g/mol. The summed E-state index contributed by atoms with van der Waals surface area (Å²) < 4.78 is 33.3. The highest BCUT2D eigenvalue weighted by Crippen LogP contribution is 2.42. The van der Waals surface area contributed by atoms with Gasteiger partial charge in [0, 0.05) is 49.1 Å². The summed E-state index contributed by atoms with van der Waals surface area (Å²) >= 11 is 6.29. The number of hydrogen-bond donors (Lipinski definition) is 1. The van der Waals surface area contributed by atoms with Crippen LogP contribution in [0.1, 0.15) is 65.8 Å². The van der Waals surface area contributed by atoms with Crippen LogP contribution in [0.2, 0.25) is 5.02 Å². The van der Waals surface area contributed by atoms with E-state index >= 15 is 0 Å². The molecule has 0 spiro atoms. The average Bonchev–Trinajstić information content (AvgIpc) is 3.26. The summed E-state index contributed by atoms with van der Waals surface area (Å²) in [5, 5.41) is 0.757. The van der Waals surface area contributed by atoms with E-state index < -0.39 is 21.7 Å². The Morgan fingerprint density at radius 3 is 2.76 bits per heavy atom. The fraction of sp³-hybridized carbons (Fsp3) is 0.474. The van der Waals surface area contributed by atoms with Crippen LogP contribution < -0.4 is 14.4 Å². The molecule has 12 heteroatoms. The van der Waals surface area contributed by atoms with Crippen LogP contribution in [0.5, 0.6) is 5.75 Å². The molecule has 0 saturated heterocycles. The van der Waals surface area contributed by atoms with Crippen molar-refractivity contribution >= 4 is 39.0 Å². The van der Waals surface area contributed by atoms with E-state index in [1.165, 1.54) is 23.5 Å². The van der Waals surface area contributed by atoms with Gasteiger partial charge in [0.05, 0.1) is 30.6 Å². The first-order chi connectivity index (χ1) is 24.2. The highest BCUT2D eigenvalue weighted by Gasteiger charge is 2.38. The van der Waals surface area contributed by atoms with Gasteiger partial charge in [-0.2, -0.15) is 0 Å². The molecule has 1 N–H and O–H groups in total. The summed E-state index contributed by atoms with van der Waals surface area (Å²) in [5.41, 5.74) is 3.64. The van der Waals surface area contributed by atoms with Crippen molar-refractivity contribution in [1.29, 1.82) is 0 Å². The Labute approximate surface area is 300 Å². The Bertz CT molecular complexity index is 1830. The van der Waals surface area contributed by atoms with Gasteiger partial charge < -0.3 is 14.4 Å². The van der Waals surface area contributed by atoms with E-state index in [2.05, 4.69) is 55.2 Å². The van der Waals surface area contributed by atoms with E-state index in [1.807, 2.05) is 18.2 Å². The van der Waals surface area contributed by atoms with Gasteiger partial charge >= 0.3 is 0 Å². The number of nitrogens with one attached hydrogen (secondary N) is 1. The highest BCUT2D eigenvalue weighted by atomic mass is 35.5. The van der Waals surface area contributed by atoms with Gasteiger partial charge in [0.15, 0.2) is 0 Å². The van der Waals surface area contributed by atoms with Gasteiger partial charge in [-0.3, -0.25) is 14.3 Å². The molecule has 1 aliphatic carbocycles. The molecule has 10 nitrogen and oxygen atoms in total. The fourth-order valence-electron chi connectivity index (χ4n) is 7.17. The summed E-state index contributed by atoms with van der Waals surface area (Å²) in [6, 6.07) is 13.0. The molecule has 1 saturated carbocycles. The van der Waals surface area contributed by atoms with Crippen LogP contribution in [0.4, 0.5) is 5.69 Å². The maximum absolute atomic E-state index is 14.1. The minimum absolute atomic E-state index is 0.0186. The zero-order chi connectivity index (χ0) is 35.1. The Balaban J connectivity index is 1.27. The first-order valence-corrected chi connectivity index (χ1v) is 19.6. The van der Waals surface area contributed by atoms with E-state index in [0.29, 0.717) is 48.4 Å². The molecule has 2 bridgehead atoms. The predicted octanol–water partition coefficient (Wildman–Crippen LogP) is 6.55. The fourth-order valence-corrected chi connectivity index (χ4v) is 8.97. The maximum Gasteiger partial charge on any atom is 0.286 e. The summed E-state index contributed by atoms with van der Waals surface area (Å²) in [6.45, 7) is 4.28. The predicted molar refractivity (Wildman–Crippen MR) is 196 cm³/mol. The molecule has 3 aliphatic rings. The number of carbonyl (C=O) groups excluding carboxylic acids is 2. The number of hydrogen-bond acceptors (Lipinski definition) is 8. The largest absolute Gasteiger partial charge is 0.491 e. The molecular formula is C38H46ClN5O5S. The topological polar surface area (TPSA) is 123 Å². The van der Waals surface area contributed by atoms with E-state index in [1.54, 1.807) is 19.2 Å². The zero-order valence-electron chi connectivity index (χ0n) is 28.8. The van der Waals surface area contributed by atoms with Crippen molar-refractivity contribution in [2.75, 3.05) is 37.5 Å². The minimum Gasteiger partial charge on any atom is -0.491 e. The van der Waals surface area contributed by atoms with Crippen LogP contribution in [0, 0.1) is 24.7 Å². The first-order valence-electron chi connectivity index (χ1n) is 17.5. The van der Waals surface area contributed by atoms with Crippen molar-refractivity contribution < 1.29 is 23.3 Å². The van der Waals surface area contributed by atoms with E-state index in [4.69, 9.17) is 21.1 Å². The van der Waals surface area contributed by atoms with Crippen LogP contribution in [0.15, 0.2) is 71.4 Å². The lowest BCUT2D eigenvalue weighted by molar-refractivity contribution is -0.118. The molecule has 2 aromatic carbocycles. The van der Waals surface area contributed by atoms with E-state index in [9.17, 15) is 13.8 Å². The number of rotatable bonds is 8. The first kappa shape index (κ1) is 36.0. The number of aromatic nitrogens is 2. The molecule has 2 amide bonds. The second-order valence-corrected chi connectivity index (χ2v) is 16.1. The molecule has 6 rings (SSSR count). The normalized spacial score (nSPS) is 26.0. The third-order valence-corrected chi connectivity index (χ3v) is 12.1. The summed E-state index contributed by atoms with van der Waals surface area (Å²) in [5.74, 6) is 0.882. The molecule has 1 unspecified atom stereocenters. The minimum atomic E-state index is -3.45. The number of anilines is 1. The molecule has 1 aromatic heterocycles. The number of nitrogens with zero attached hydrogens (tertiary/aromatic N) is 4. The zero-order valence-corrected chi connectivity index (χ0v) is 30.3. The van der Waals surface area contributed by atoms with Crippen LogP contribution >= 0.6 is 11.6 Å². The number of halogens is 1. The van der Waals surface area contributed by atoms with Crippen LogP contribution in [0.25, 0.3) is 0 Å². The maximum atomic E-state index is 14.1. The molecule has 1 fully saturated rings. The lowest BCUT2D eigenvalue weighted by Gasteiger charge is -2.43. The van der Waals surface area contributed by atoms with Crippen molar-refractivity contribution in [3.8, 4) is 5.75 Å². The van der Waals surface area contributed by atoms with E-state index in [-0.39, 0.29) is 24.2 Å². The molecule has 5 atom stereocenters. The smallest absolute Gasteiger partial charge is 0.286 e. The Hall–Kier alpha value is -3.80. The van der Waals surface area contributed by atoms with Crippen molar-refractivity contribution in [1.82, 2.24) is 14.7 Å². The van der Waals surface area contributed by atoms with E-state index in [0.717, 1.165) is 55.9 Å². The third-order valence-electron chi connectivity index (χ3n) is 10.1. The molecule has 50 heavy (non-hydrogen) atoms. The Kier molecular flexibility index (Phi) is 11.9. The van der Waals surface area contributed by atoms with Crippen molar-refractivity contribution in [3.63, 3.8) is 0 Å². The number of benzene rings is 2. The lowest BCUT2D eigenvalue weighted by Crippen LogP contribution is -2.44. The van der Waals surface area contributed by atoms with Crippen molar-refractivity contribution in [2.24, 2.45) is 22.1 Å². The van der Waals surface area contributed by atoms with Gasteiger partial charge in [-0.05, 0) is 111 Å². The SMILES string of the molecule is CO[C@H]1/C=C/CCCS(=O)(NC(=O)Cc2ncccn2)=NC(=O)c2ccc3c(c2)N(C[C@@H](CCCc2cc(Cl)ccc2C)CO3)C[C@@H]2CC[C@H]21. The quantitative estimate of drug-likeness (QED) is 0.260. The van der Waals surface area contributed by atoms with Crippen molar-refractivity contribution in [3.05, 3.63) is 94.5 Å².